The highest BCUT2D eigenvalue weighted by Gasteiger charge is 2.22. The molecule has 6 heteroatoms. The average molecular weight is 424 g/mol. The third-order valence-electron chi connectivity index (χ3n) is 4.56. The Morgan fingerprint density at radius 2 is 1.62 bits per heavy atom. The number of aryl methyl sites for hydroxylation is 1. The van der Waals surface area contributed by atoms with Crippen LogP contribution in [0.1, 0.15) is 16.1 Å². The van der Waals surface area contributed by atoms with E-state index in [0.29, 0.717) is 27.0 Å². The molecule has 4 rings (SSSR count). The monoisotopic (exact) mass is 423 g/mol. The van der Waals surface area contributed by atoms with Gasteiger partial charge in [-0.05, 0) is 36.8 Å². The van der Waals surface area contributed by atoms with Crippen molar-refractivity contribution in [3.63, 3.8) is 0 Å². The van der Waals surface area contributed by atoms with Crippen molar-refractivity contribution in [2.24, 2.45) is 0 Å². The van der Waals surface area contributed by atoms with Crippen LogP contribution in [-0.2, 0) is 0 Å². The second kappa shape index (κ2) is 7.74. The quantitative estimate of drug-likeness (QED) is 0.418. The zero-order valence-corrected chi connectivity index (χ0v) is 16.8. The molecule has 0 saturated heterocycles. The van der Waals surface area contributed by atoms with E-state index >= 15 is 0 Å². The largest absolute Gasteiger partial charge is 0.416 e. The molecule has 0 aliphatic carbocycles. The minimum atomic E-state index is -0.580. The molecule has 0 bridgehead atoms. The molecule has 0 unspecified atom stereocenters. The summed E-state index contributed by atoms with van der Waals surface area (Å²) in [5.41, 5.74) is 2.18. The van der Waals surface area contributed by atoms with Crippen molar-refractivity contribution in [1.29, 1.82) is 0 Å². The number of rotatable bonds is 3. The highest BCUT2D eigenvalue weighted by Crippen LogP contribution is 2.32. The summed E-state index contributed by atoms with van der Waals surface area (Å²) in [4.78, 5) is 25.6. The number of benzene rings is 3. The van der Waals surface area contributed by atoms with Crippen LogP contribution in [0.5, 0.6) is 0 Å². The molecule has 144 valence electrons. The standard InChI is InChI=1S/C23H15Cl2NO3/c1-13-6-8-14(9-7-13)20-16-4-2-3-5-17(16)23(28)29-21(20)22(27)26-19-11-10-15(24)12-18(19)25/h2-12H,1H3,(H,26,27). The van der Waals surface area contributed by atoms with Crippen LogP contribution in [0.2, 0.25) is 10.0 Å². The summed E-state index contributed by atoms with van der Waals surface area (Å²) in [7, 11) is 0. The molecule has 0 aliphatic rings. The van der Waals surface area contributed by atoms with Crippen LogP contribution in [0.25, 0.3) is 21.9 Å². The van der Waals surface area contributed by atoms with E-state index in [0.717, 1.165) is 11.1 Å². The fraction of sp³-hybridized carbons (Fsp3) is 0.0435. The highest BCUT2D eigenvalue weighted by molar-refractivity contribution is 6.36. The average Bonchev–Trinajstić information content (AvgIpc) is 2.71. The summed E-state index contributed by atoms with van der Waals surface area (Å²) in [5.74, 6) is -0.656. The van der Waals surface area contributed by atoms with Crippen LogP contribution in [0, 0.1) is 6.92 Å². The number of hydrogen-bond acceptors (Lipinski definition) is 3. The first kappa shape index (κ1) is 19.2. The van der Waals surface area contributed by atoms with E-state index in [1.165, 1.54) is 6.07 Å². The Hall–Kier alpha value is -3.08. The van der Waals surface area contributed by atoms with E-state index in [2.05, 4.69) is 5.32 Å². The van der Waals surface area contributed by atoms with Gasteiger partial charge in [-0.1, -0.05) is 71.2 Å². The van der Waals surface area contributed by atoms with Gasteiger partial charge >= 0.3 is 5.63 Å². The van der Waals surface area contributed by atoms with Crippen molar-refractivity contribution in [3.8, 4) is 11.1 Å². The number of carbonyl (C=O) groups excluding carboxylic acids is 1. The Morgan fingerprint density at radius 1 is 0.931 bits per heavy atom. The summed E-state index contributed by atoms with van der Waals surface area (Å²) in [6, 6.07) is 19.4. The van der Waals surface area contributed by atoms with E-state index in [1.807, 2.05) is 37.3 Å². The van der Waals surface area contributed by atoms with Gasteiger partial charge in [0.15, 0.2) is 0 Å². The van der Waals surface area contributed by atoms with Crippen LogP contribution >= 0.6 is 23.2 Å². The van der Waals surface area contributed by atoms with Crippen molar-refractivity contribution in [3.05, 3.63) is 98.5 Å². The molecule has 1 heterocycles. The van der Waals surface area contributed by atoms with Crippen LogP contribution in [0.4, 0.5) is 5.69 Å². The maximum atomic E-state index is 13.1. The van der Waals surface area contributed by atoms with Gasteiger partial charge in [0, 0.05) is 16.0 Å². The summed E-state index contributed by atoms with van der Waals surface area (Å²) < 4.78 is 5.47. The summed E-state index contributed by atoms with van der Waals surface area (Å²) in [6.07, 6.45) is 0. The molecule has 0 radical (unpaired) electrons. The first-order chi connectivity index (χ1) is 13.9. The van der Waals surface area contributed by atoms with Gasteiger partial charge < -0.3 is 9.73 Å². The Bertz CT molecular complexity index is 1290. The normalized spacial score (nSPS) is 10.9. The summed E-state index contributed by atoms with van der Waals surface area (Å²) in [6.45, 7) is 1.98. The topological polar surface area (TPSA) is 59.3 Å². The van der Waals surface area contributed by atoms with E-state index < -0.39 is 11.5 Å². The maximum absolute atomic E-state index is 13.1. The molecule has 4 aromatic rings. The Balaban J connectivity index is 1.91. The lowest BCUT2D eigenvalue weighted by Crippen LogP contribution is -2.17. The lowest BCUT2D eigenvalue weighted by atomic mass is 9.97. The molecule has 4 nitrogen and oxygen atoms in total. The van der Waals surface area contributed by atoms with Crippen LogP contribution in [0.15, 0.2) is 75.9 Å². The van der Waals surface area contributed by atoms with Gasteiger partial charge in [-0.3, -0.25) is 4.79 Å². The summed E-state index contributed by atoms with van der Waals surface area (Å²) in [5, 5.41) is 4.48. The van der Waals surface area contributed by atoms with Crippen LogP contribution in [0.3, 0.4) is 0 Å². The van der Waals surface area contributed by atoms with E-state index in [1.54, 1.807) is 30.3 Å². The predicted molar refractivity (Wildman–Crippen MR) is 117 cm³/mol. The molecule has 1 amide bonds. The SMILES string of the molecule is Cc1ccc(-c2c(C(=O)Nc3ccc(Cl)cc3Cl)oc(=O)c3ccccc23)cc1. The molecular weight excluding hydrogens is 409 g/mol. The number of carbonyl (C=O) groups is 1. The zero-order valence-electron chi connectivity index (χ0n) is 15.3. The van der Waals surface area contributed by atoms with Crippen molar-refractivity contribution in [1.82, 2.24) is 0 Å². The molecular formula is C23H15Cl2NO3. The number of hydrogen-bond donors (Lipinski definition) is 1. The minimum absolute atomic E-state index is 0.0800. The molecule has 1 N–H and O–H groups in total. The van der Waals surface area contributed by atoms with Crippen molar-refractivity contribution in [2.75, 3.05) is 5.32 Å². The Morgan fingerprint density at radius 3 is 2.31 bits per heavy atom. The maximum Gasteiger partial charge on any atom is 0.344 e. The smallest absolute Gasteiger partial charge is 0.344 e. The van der Waals surface area contributed by atoms with Gasteiger partial charge in [0.05, 0.1) is 16.1 Å². The zero-order chi connectivity index (χ0) is 20.5. The minimum Gasteiger partial charge on any atom is -0.416 e. The number of nitrogens with one attached hydrogen (secondary N) is 1. The van der Waals surface area contributed by atoms with Gasteiger partial charge in [-0.25, -0.2) is 4.79 Å². The fourth-order valence-corrected chi connectivity index (χ4v) is 3.59. The first-order valence-corrected chi connectivity index (χ1v) is 9.59. The number of amides is 1. The second-order valence-corrected chi connectivity index (χ2v) is 7.43. The van der Waals surface area contributed by atoms with Crippen molar-refractivity contribution >= 4 is 45.6 Å². The van der Waals surface area contributed by atoms with Gasteiger partial charge in [-0.15, -0.1) is 0 Å². The van der Waals surface area contributed by atoms with Gasteiger partial charge in [0.1, 0.15) is 0 Å². The third-order valence-corrected chi connectivity index (χ3v) is 5.11. The molecule has 0 saturated carbocycles. The molecule has 1 aromatic heterocycles. The number of halogens is 2. The molecule has 3 aromatic carbocycles. The number of fused-ring (bicyclic) bond motifs is 1. The lowest BCUT2D eigenvalue weighted by molar-refractivity contribution is 0.0994. The lowest BCUT2D eigenvalue weighted by Gasteiger charge is -2.13. The molecule has 0 spiro atoms. The van der Waals surface area contributed by atoms with Gasteiger partial charge in [-0.2, -0.15) is 0 Å². The Kier molecular flexibility index (Phi) is 5.14. The summed E-state index contributed by atoms with van der Waals surface area (Å²) >= 11 is 12.1. The van der Waals surface area contributed by atoms with Gasteiger partial charge in [0.2, 0.25) is 5.76 Å². The van der Waals surface area contributed by atoms with E-state index in [4.69, 9.17) is 27.6 Å². The van der Waals surface area contributed by atoms with E-state index in [9.17, 15) is 9.59 Å². The fourth-order valence-electron chi connectivity index (χ4n) is 3.14. The molecule has 0 aliphatic heterocycles. The third kappa shape index (κ3) is 3.77. The second-order valence-electron chi connectivity index (χ2n) is 6.58. The molecule has 0 fully saturated rings. The molecule has 29 heavy (non-hydrogen) atoms. The number of anilines is 1. The van der Waals surface area contributed by atoms with Crippen molar-refractivity contribution < 1.29 is 9.21 Å². The first-order valence-electron chi connectivity index (χ1n) is 8.83. The van der Waals surface area contributed by atoms with E-state index in [-0.39, 0.29) is 10.8 Å². The van der Waals surface area contributed by atoms with Crippen LogP contribution in [-0.4, -0.2) is 5.91 Å². The molecule has 0 atom stereocenters. The highest BCUT2D eigenvalue weighted by atomic mass is 35.5. The van der Waals surface area contributed by atoms with Gasteiger partial charge in [0.25, 0.3) is 5.91 Å². The van der Waals surface area contributed by atoms with Crippen molar-refractivity contribution in [2.45, 2.75) is 6.92 Å². The predicted octanol–water partition coefficient (Wildman–Crippen LogP) is 6.33. The van der Waals surface area contributed by atoms with Crippen LogP contribution < -0.4 is 10.9 Å². The Labute approximate surface area is 176 Å².